The van der Waals surface area contributed by atoms with E-state index in [4.69, 9.17) is 4.74 Å². The van der Waals surface area contributed by atoms with Crippen LogP contribution in [0.2, 0.25) is 0 Å². The summed E-state index contributed by atoms with van der Waals surface area (Å²) in [4.78, 5) is 11.3. The molecule has 0 unspecified atom stereocenters. The van der Waals surface area contributed by atoms with Crippen LogP contribution < -0.4 is 4.74 Å². The maximum absolute atomic E-state index is 11.3. The number of aryl methyl sites for hydroxylation is 1. The molecule has 0 aliphatic carbocycles. The second-order valence-corrected chi connectivity index (χ2v) is 3.03. The zero-order valence-electron chi connectivity index (χ0n) is 9.03. The average Bonchev–Trinajstić information content (AvgIpc) is 2.27. The minimum Gasteiger partial charge on any atom is -0.508 e. The third-order valence-electron chi connectivity index (χ3n) is 2.19. The van der Waals surface area contributed by atoms with E-state index in [0.29, 0.717) is 12.2 Å². The van der Waals surface area contributed by atoms with Gasteiger partial charge in [-0.25, -0.2) is 4.79 Å². The van der Waals surface area contributed by atoms with Crippen molar-refractivity contribution in [1.29, 1.82) is 0 Å². The first kappa shape index (κ1) is 11.4. The van der Waals surface area contributed by atoms with Gasteiger partial charge >= 0.3 is 5.97 Å². The van der Waals surface area contributed by atoms with Gasteiger partial charge in [-0.2, -0.15) is 0 Å². The van der Waals surface area contributed by atoms with Gasteiger partial charge in [-0.15, -0.1) is 0 Å². The molecule has 4 heteroatoms. The Morgan fingerprint density at radius 2 is 2.07 bits per heavy atom. The van der Waals surface area contributed by atoms with E-state index >= 15 is 0 Å². The number of aromatic hydroxyl groups is 1. The van der Waals surface area contributed by atoms with Gasteiger partial charge in [-0.3, -0.25) is 0 Å². The molecule has 0 atom stereocenters. The van der Waals surface area contributed by atoms with Crippen molar-refractivity contribution in [3.05, 3.63) is 23.3 Å². The van der Waals surface area contributed by atoms with Crippen LogP contribution in [0.5, 0.6) is 11.5 Å². The molecular weight excluding hydrogens is 196 g/mol. The van der Waals surface area contributed by atoms with Gasteiger partial charge in [-0.1, -0.05) is 6.92 Å². The lowest BCUT2D eigenvalue weighted by Crippen LogP contribution is -2.04. The van der Waals surface area contributed by atoms with Crippen molar-refractivity contribution in [2.24, 2.45) is 0 Å². The summed E-state index contributed by atoms with van der Waals surface area (Å²) in [6, 6.07) is 3.01. The van der Waals surface area contributed by atoms with Gasteiger partial charge in [0.25, 0.3) is 0 Å². The number of phenols is 1. The third kappa shape index (κ3) is 2.21. The fourth-order valence-corrected chi connectivity index (χ4v) is 1.33. The molecule has 15 heavy (non-hydrogen) atoms. The number of hydrogen-bond donors (Lipinski definition) is 1. The molecule has 0 amide bonds. The number of rotatable bonds is 3. The Morgan fingerprint density at radius 1 is 1.40 bits per heavy atom. The van der Waals surface area contributed by atoms with Crippen molar-refractivity contribution in [3.8, 4) is 11.5 Å². The maximum Gasteiger partial charge on any atom is 0.341 e. The lowest BCUT2D eigenvalue weighted by molar-refractivity contribution is 0.0596. The molecule has 82 valence electrons. The molecule has 4 nitrogen and oxygen atoms in total. The molecule has 0 fully saturated rings. The summed E-state index contributed by atoms with van der Waals surface area (Å²) in [5.74, 6) is -0.0278. The van der Waals surface area contributed by atoms with Crippen LogP contribution >= 0.6 is 0 Å². The van der Waals surface area contributed by atoms with Crippen molar-refractivity contribution in [2.75, 3.05) is 14.2 Å². The lowest BCUT2D eigenvalue weighted by atomic mass is 10.1. The van der Waals surface area contributed by atoms with E-state index in [1.54, 1.807) is 6.07 Å². The highest BCUT2D eigenvalue weighted by molar-refractivity contribution is 5.93. The Hall–Kier alpha value is -1.71. The van der Waals surface area contributed by atoms with Crippen molar-refractivity contribution < 1.29 is 19.4 Å². The number of hydrogen-bond acceptors (Lipinski definition) is 4. The molecule has 0 radical (unpaired) electrons. The number of esters is 1. The Kier molecular flexibility index (Phi) is 3.55. The summed E-state index contributed by atoms with van der Waals surface area (Å²) in [7, 11) is 2.75. The summed E-state index contributed by atoms with van der Waals surface area (Å²) in [5, 5.41) is 9.59. The normalized spacial score (nSPS) is 9.80. The topological polar surface area (TPSA) is 55.8 Å². The fourth-order valence-electron chi connectivity index (χ4n) is 1.33. The fraction of sp³-hybridized carbons (Fsp3) is 0.364. The van der Waals surface area contributed by atoms with Crippen molar-refractivity contribution in [1.82, 2.24) is 0 Å². The molecule has 0 spiro atoms. The van der Waals surface area contributed by atoms with Crippen LogP contribution in [0.1, 0.15) is 22.8 Å². The van der Waals surface area contributed by atoms with E-state index < -0.39 is 5.97 Å². The second-order valence-electron chi connectivity index (χ2n) is 3.03. The molecule has 0 saturated heterocycles. The van der Waals surface area contributed by atoms with Crippen LogP contribution in [0.3, 0.4) is 0 Å². The van der Waals surface area contributed by atoms with Crippen LogP contribution in [-0.4, -0.2) is 25.3 Å². The van der Waals surface area contributed by atoms with Crippen LogP contribution in [0.15, 0.2) is 12.1 Å². The predicted octanol–water partition coefficient (Wildman–Crippen LogP) is 1.75. The van der Waals surface area contributed by atoms with Crippen LogP contribution in [0, 0.1) is 0 Å². The molecule has 1 N–H and O–H groups in total. The Labute approximate surface area is 88.4 Å². The zero-order valence-corrected chi connectivity index (χ0v) is 9.03. The molecule has 1 aromatic carbocycles. The molecule has 1 rings (SSSR count). The molecular formula is C11H14O4. The number of methoxy groups -OCH3 is 2. The van der Waals surface area contributed by atoms with Gasteiger partial charge in [0.2, 0.25) is 0 Å². The summed E-state index contributed by atoms with van der Waals surface area (Å²) in [6.45, 7) is 1.91. The van der Waals surface area contributed by atoms with E-state index in [1.807, 2.05) is 6.92 Å². The summed E-state index contributed by atoms with van der Waals surface area (Å²) < 4.78 is 9.63. The highest BCUT2D eigenvalue weighted by Crippen LogP contribution is 2.28. The van der Waals surface area contributed by atoms with Crippen molar-refractivity contribution >= 4 is 5.97 Å². The minimum atomic E-state index is -0.523. The SMILES string of the molecule is CCc1cc(OC)c(C(=O)OC)cc1O. The molecule has 0 saturated carbocycles. The van der Waals surface area contributed by atoms with E-state index in [1.165, 1.54) is 20.3 Å². The first-order valence-corrected chi connectivity index (χ1v) is 4.62. The second kappa shape index (κ2) is 4.68. The molecule has 0 aliphatic rings. The summed E-state index contributed by atoms with van der Waals surface area (Å²) in [6.07, 6.45) is 0.670. The largest absolute Gasteiger partial charge is 0.508 e. The Balaban J connectivity index is 3.27. The maximum atomic E-state index is 11.3. The molecule has 0 aliphatic heterocycles. The number of benzene rings is 1. The average molecular weight is 210 g/mol. The van der Waals surface area contributed by atoms with Crippen molar-refractivity contribution in [2.45, 2.75) is 13.3 Å². The zero-order chi connectivity index (χ0) is 11.4. The van der Waals surface area contributed by atoms with E-state index in [9.17, 15) is 9.90 Å². The van der Waals surface area contributed by atoms with Crippen LogP contribution in [-0.2, 0) is 11.2 Å². The molecule has 0 aromatic heterocycles. The number of phenolic OH excluding ortho intramolecular Hbond substituents is 1. The highest BCUT2D eigenvalue weighted by atomic mass is 16.5. The van der Waals surface area contributed by atoms with Gasteiger partial charge in [0, 0.05) is 0 Å². The summed E-state index contributed by atoms with van der Waals surface area (Å²) >= 11 is 0. The van der Waals surface area contributed by atoms with Gasteiger partial charge in [0.1, 0.15) is 17.1 Å². The molecule has 0 bridgehead atoms. The Bertz CT molecular complexity index is 371. The van der Waals surface area contributed by atoms with Crippen molar-refractivity contribution in [3.63, 3.8) is 0 Å². The summed E-state index contributed by atoms with van der Waals surface area (Å²) in [5.41, 5.74) is 0.967. The van der Waals surface area contributed by atoms with Gasteiger partial charge in [-0.05, 0) is 24.1 Å². The smallest absolute Gasteiger partial charge is 0.341 e. The third-order valence-corrected chi connectivity index (χ3v) is 2.19. The van der Waals surface area contributed by atoms with Gasteiger partial charge < -0.3 is 14.6 Å². The number of ether oxygens (including phenoxy) is 2. The van der Waals surface area contributed by atoms with E-state index in [0.717, 1.165) is 5.56 Å². The lowest BCUT2D eigenvalue weighted by Gasteiger charge is -2.10. The first-order valence-electron chi connectivity index (χ1n) is 4.62. The number of carbonyl (C=O) groups is 1. The van der Waals surface area contributed by atoms with Crippen LogP contribution in [0.4, 0.5) is 0 Å². The molecule has 1 aromatic rings. The van der Waals surface area contributed by atoms with Crippen LogP contribution in [0.25, 0.3) is 0 Å². The Morgan fingerprint density at radius 3 is 2.53 bits per heavy atom. The quantitative estimate of drug-likeness (QED) is 0.772. The predicted molar refractivity (Wildman–Crippen MR) is 55.4 cm³/mol. The monoisotopic (exact) mass is 210 g/mol. The van der Waals surface area contributed by atoms with E-state index in [2.05, 4.69) is 4.74 Å². The first-order chi connectivity index (χ1) is 7.13. The highest BCUT2D eigenvalue weighted by Gasteiger charge is 2.15. The van der Waals surface area contributed by atoms with Gasteiger partial charge in [0.15, 0.2) is 0 Å². The standard InChI is InChI=1S/C11H14O4/c1-4-7-5-10(14-2)8(6-9(7)12)11(13)15-3/h5-6,12H,4H2,1-3H3. The van der Waals surface area contributed by atoms with Gasteiger partial charge in [0.05, 0.1) is 14.2 Å². The van der Waals surface area contributed by atoms with E-state index in [-0.39, 0.29) is 11.3 Å². The molecule has 0 heterocycles. The number of carbonyl (C=O) groups excluding carboxylic acids is 1. The minimum absolute atomic E-state index is 0.0821.